The molecule has 33 heavy (non-hydrogen) atoms. The number of hydrogen-bond donors (Lipinski definition) is 0. The number of nitrogens with zero attached hydrogens (tertiary/aromatic N) is 2. The number of amides is 2. The van der Waals surface area contributed by atoms with E-state index in [4.69, 9.17) is 4.74 Å². The molecule has 1 heterocycles. The highest BCUT2D eigenvalue weighted by Gasteiger charge is 2.35. The number of carbonyl (C=O) groups is 3. The van der Waals surface area contributed by atoms with Crippen LogP contribution in [-0.2, 0) is 0 Å². The molecule has 1 aliphatic heterocycles. The molecule has 0 radical (unpaired) electrons. The van der Waals surface area contributed by atoms with Crippen LogP contribution in [0.5, 0.6) is 5.75 Å². The Morgan fingerprint density at radius 1 is 0.818 bits per heavy atom. The van der Waals surface area contributed by atoms with Crippen molar-refractivity contribution < 1.29 is 19.1 Å². The monoisotopic (exact) mass is 434 g/mol. The highest BCUT2D eigenvalue weighted by molar-refractivity contribution is 6.21. The highest BCUT2D eigenvalue weighted by Crippen LogP contribution is 2.29. The molecule has 6 nitrogen and oxygen atoms in total. The van der Waals surface area contributed by atoms with Crippen LogP contribution in [0.25, 0.3) is 10.8 Å². The molecule has 0 atom stereocenters. The summed E-state index contributed by atoms with van der Waals surface area (Å²) in [6.45, 7) is 1.94. The van der Waals surface area contributed by atoms with Gasteiger partial charge in [-0.2, -0.15) is 10.1 Å². The van der Waals surface area contributed by atoms with Crippen LogP contribution in [0.4, 0.5) is 0 Å². The molecule has 4 aromatic carbocycles. The molecule has 6 heteroatoms. The van der Waals surface area contributed by atoms with Gasteiger partial charge in [-0.15, -0.1) is 0 Å². The van der Waals surface area contributed by atoms with Gasteiger partial charge in [0, 0.05) is 5.56 Å². The third kappa shape index (κ3) is 3.68. The summed E-state index contributed by atoms with van der Waals surface area (Å²) >= 11 is 0. The SMILES string of the molecule is Cc1ccc(C(=O)Oc2ccc3ccccc3c2C=NN2C(=O)c3ccccc3C2=O)cc1. The lowest BCUT2D eigenvalue weighted by Crippen LogP contribution is -2.24. The van der Waals surface area contributed by atoms with E-state index in [-0.39, 0.29) is 5.75 Å². The smallest absolute Gasteiger partial charge is 0.343 e. The van der Waals surface area contributed by atoms with Crippen molar-refractivity contribution in [1.29, 1.82) is 0 Å². The Morgan fingerprint density at radius 2 is 1.45 bits per heavy atom. The number of esters is 1. The molecule has 0 saturated heterocycles. The maximum absolute atomic E-state index is 12.7. The van der Waals surface area contributed by atoms with E-state index >= 15 is 0 Å². The average Bonchev–Trinajstić information content (AvgIpc) is 3.08. The van der Waals surface area contributed by atoms with Crippen LogP contribution in [0.3, 0.4) is 0 Å². The fourth-order valence-corrected chi connectivity index (χ4v) is 3.74. The number of hydrazone groups is 1. The molecule has 0 aliphatic carbocycles. The number of rotatable bonds is 4. The van der Waals surface area contributed by atoms with Crippen molar-refractivity contribution in [1.82, 2.24) is 5.01 Å². The van der Waals surface area contributed by atoms with Gasteiger partial charge in [0.2, 0.25) is 0 Å². The van der Waals surface area contributed by atoms with Gasteiger partial charge in [-0.25, -0.2) is 4.79 Å². The predicted molar refractivity (Wildman–Crippen MR) is 125 cm³/mol. The second-order valence-electron chi connectivity index (χ2n) is 7.67. The molecule has 4 aromatic rings. The first-order valence-electron chi connectivity index (χ1n) is 10.4. The topological polar surface area (TPSA) is 76.0 Å². The molecule has 2 amide bonds. The van der Waals surface area contributed by atoms with Crippen LogP contribution in [0.1, 0.15) is 42.2 Å². The Balaban J connectivity index is 1.53. The van der Waals surface area contributed by atoms with Crippen LogP contribution in [0, 0.1) is 6.92 Å². The van der Waals surface area contributed by atoms with Crippen LogP contribution < -0.4 is 4.74 Å². The van der Waals surface area contributed by atoms with E-state index in [9.17, 15) is 14.4 Å². The second-order valence-corrected chi connectivity index (χ2v) is 7.67. The molecule has 5 rings (SSSR count). The molecule has 0 fully saturated rings. The first-order valence-corrected chi connectivity index (χ1v) is 10.4. The molecule has 0 spiro atoms. The fourth-order valence-electron chi connectivity index (χ4n) is 3.74. The molecule has 0 saturated carbocycles. The Hall–Kier alpha value is -4.58. The summed E-state index contributed by atoms with van der Waals surface area (Å²) in [5.74, 6) is -1.23. The number of aryl methyl sites for hydroxylation is 1. The van der Waals surface area contributed by atoms with Gasteiger partial charge >= 0.3 is 5.97 Å². The Morgan fingerprint density at radius 3 is 2.15 bits per heavy atom. The van der Waals surface area contributed by atoms with E-state index in [1.54, 1.807) is 42.5 Å². The summed E-state index contributed by atoms with van der Waals surface area (Å²) in [7, 11) is 0. The average molecular weight is 434 g/mol. The Kier molecular flexibility index (Phi) is 5.03. The zero-order valence-corrected chi connectivity index (χ0v) is 17.7. The normalized spacial score (nSPS) is 13.1. The summed E-state index contributed by atoms with van der Waals surface area (Å²) in [6.07, 6.45) is 1.39. The third-order valence-corrected chi connectivity index (χ3v) is 5.50. The molecular formula is C27H18N2O4. The van der Waals surface area contributed by atoms with Crippen molar-refractivity contribution in [2.45, 2.75) is 6.92 Å². The lowest BCUT2D eigenvalue weighted by molar-refractivity contribution is 0.0657. The van der Waals surface area contributed by atoms with Gasteiger partial charge in [0.05, 0.1) is 22.9 Å². The zero-order valence-electron chi connectivity index (χ0n) is 17.7. The van der Waals surface area contributed by atoms with Gasteiger partial charge in [0.15, 0.2) is 0 Å². The van der Waals surface area contributed by atoms with Crippen molar-refractivity contribution in [3.05, 3.63) is 113 Å². The minimum absolute atomic E-state index is 0.277. The molecule has 0 N–H and O–H groups in total. The molecular weight excluding hydrogens is 416 g/mol. The number of carbonyl (C=O) groups excluding carboxylic acids is 3. The Bertz CT molecular complexity index is 1420. The van der Waals surface area contributed by atoms with E-state index in [2.05, 4.69) is 5.10 Å². The van der Waals surface area contributed by atoms with Gasteiger partial charge < -0.3 is 4.74 Å². The van der Waals surface area contributed by atoms with Gasteiger partial charge in [-0.1, -0.05) is 60.2 Å². The van der Waals surface area contributed by atoms with Crippen molar-refractivity contribution >= 4 is 34.8 Å². The maximum Gasteiger partial charge on any atom is 0.343 e. The molecule has 0 unspecified atom stereocenters. The van der Waals surface area contributed by atoms with Crippen LogP contribution in [0.2, 0.25) is 0 Å². The van der Waals surface area contributed by atoms with Crippen molar-refractivity contribution in [3.63, 3.8) is 0 Å². The molecule has 160 valence electrons. The zero-order chi connectivity index (χ0) is 22.9. The van der Waals surface area contributed by atoms with E-state index in [1.807, 2.05) is 49.4 Å². The van der Waals surface area contributed by atoms with E-state index < -0.39 is 17.8 Å². The summed E-state index contributed by atoms with van der Waals surface area (Å²) in [5, 5.41) is 6.69. The van der Waals surface area contributed by atoms with Gasteiger partial charge in [-0.3, -0.25) is 9.59 Å². The number of fused-ring (bicyclic) bond motifs is 2. The predicted octanol–water partition coefficient (Wildman–Crippen LogP) is 5.00. The first-order chi connectivity index (χ1) is 16.0. The quantitative estimate of drug-likeness (QED) is 0.196. The second kappa shape index (κ2) is 8.16. The summed E-state index contributed by atoms with van der Waals surface area (Å²) in [6, 6.07) is 24.7. The summed E-state index contributed by atoms with van der Waals surface area (Å²) in [4.78, 5) is 38.1. The minimum atomic E-state index is -0.513. The summed E-state index contributed by atoms with van der Waals surface area (Å²) in [5.41, 5.74) is 2.56. The fraction of sp³-hybridized carbons (Fsp3) is 0.0370. The van der Waals surface area contributed by atoms with Gasteiger partial charge in [0.1, 0.15) is 5.75 Å². The minimum Gasteiger partial charge on any atom is -0.422 e. The van der Waals surface area contributed by atoms with Crippen molar-refractivity contribution in [2.75, 3.05) is 0 Å². The van der Waals surface area contributed by atoms with E-state index in [0.717, 1.165) is 21.3 Å². The lowest BCUT2D eigenvalue weighted by Gasteiger charge is -2.12. The third-order valence-electron chi connectivity index (χ3n) is 5.50. The number of ether oxygens (including phenoxy) is 1. The molecule has 0 aromatic heterocycles. The van der Waals surface area contributed by atoms with Crippen molar-refractivity contribution in [2.24, 2.45) is 5.10 Å². The molecule has 1 aliphatic rings. The van der Waals surface area contributed by atoms with Gasteiger partial charge in [-0.05, 0) is 48.0 Å². The number of imide groups is 1. The number of benzene rings is 4. The van der Waals surface area contributed by atoms with Crippen LogP contribution in [-0.4, -0.2) is 29.0 Å². The van der Waals surface area contributed by atoms with Gasteiger partial charge in [0.25, 0.3) is 11.8 Å². The maximum atomic E-state index is 12.7. The standard InChI is InChI=1S/C27H18N2O4/c1-17-10-12-19(13-11-17)27(32)33-24-15-14-18-6-2-3-7-20(18)23(24)16-28-29-25(30)21-8-4-5-9-22(21)26(29)31/h2-16H,1H3. The molecule has 0 bridgehead atoms. The van der Waals surface area contributed by atoms with Crippen LogP contribution >= 0.6 is 0 Å². The van der Waals surface area contributed by atoms with Crippen molar-refractivity contribution in [3.8, 4) is 5.75 Å². The largest absolute Gasteiger partial charge is 0.422 e. The summed E-state index contributed by atoms with van der Waals surface area (Å²) < 4.78 is 5.69. The van der Waals surface area contributed by atoms with E-state index in [0.29, 0.717) is 22.3 Å². The first kappa shape index (κ1) is 20.3. The highest BCUT2D eigenvalue weighted by atomic mass is 16.5. The lowest BCUT2D eigenvalue weighted by atomic mass is 10.0. The Labute approximate surface area is 189 Å². The van der Waals surface area contributed by atoms with Crippen LogP contribution in [0.15, 0.2) is 90.0 Å². The number of hydrogen-bond acceptors (Lipinski definition) is 5. The van der Waals surface area contributed by atoms with E-state index in [1.165, 1.54) is 6.21 Å².